The predicted molar refractivity (Wildman–Crippen MR) is 57.6 cm³/mol. The standard InChI is InChI=1S/C11H10N2/c1-13-10-7-6-8-4-2-3-5-9(8)11(10)12/h2-7H,1,12H2. The van der Waals surface area contributed by atoms with Crippen LogP contribution in [-0.2, 0) is 0 Å². The lowest BCUT2D eigenvalue weighted by Gasteiger charge is -2.03. The third kappa shape index (κ3) is 1.16. The van der Waals surface area contributed by atoms with E-state index >= 15 is 0 Å². The number of nitrogens with zero attached hydrogens (tertiary/aromatic N) is 1. The van der Waals surface area contributed by atoms with E-state index in [1.807, 2.05) is 36.4 Å². The molecule has 2 nitrogen and oxygen atoms in total. The molecule has 0 fully saturated rings. The Labute approximate surface area is 76.7 Å². The van der Waals surface area contributed by atoms with Gasteiger partial charge in [-0.25, -0.2) is 0 Å². The molecule has 13 heavy (non-hydrogen) atoms. The van der Waals surface area contributed by atoms with E-state index in [9.17, 15) is 0 Å². The normalized spacial score (nSPS) is 10.2. The minimum Gasteiger partial charge on any atom is -0.396 e. The summed E-state index contributed by atoms with van der Waals surface area (Å²) >= 11 is 0. The zero-order chi connectivity index (χ0) is 9.26. The average Bonchev–Trinajstić information content (AvgIpc) is 2.19. The number of hydrogen-bond acceptors (Lipinski definition) is 2. The van der Waals surface area contributed by atoms with Crippen LogP contribution in [-0.4, -0.2) is 6.72 Å². The van der Waals surface area contributed by atoms with Crippen molar-refractivity contribution in [3.8, 4) is 0 Å². The molecule has 2 heteroatoms. The molecule has 0 aliphatic heterocycles. The molecule has 64 valence electrons. The van der Waals surface area contributed by atoms with Crippen molar-refractivity contribution in [1.29, 1.82) is 0 Å². The third-order valence-electron chi connectivity index (χ3n) is 2.12. The van der Waals surface area contributed by atoms with Crippen molar-refractivity contribution in [2.75, 3.05) is 5.73 Å². The van der Waals surface area contributed by atoms with Crippen LogP contribution in [0.3, 0.4) is 0 Å². The summed E-state index contributed by atoms with van der Waals surface area (Å²) in [5.41, 5.74) is 7.35. The molecule has 0 spiro atoms. The maximum Gasteiger partial charge on any atom is 0.0858 e. The number of nitrogen functional groups attached to an aromatic ring is 1. The first-order chi connectivity index (χ1) is 6.33. The van der Waals surface area contributed by atoms with Gasteiger partial charge in [0.1, 0.15) is 0 Å². The molecule has 2 aromatic rings. The van der Waals surface area contributed by atoms with Gasteiger partial charge in [-0.2, -0.15) is 0 Å². The summed E-state index contributed by atoms with van der Waals surface area (Å²) in [4.78, 5) is 3.85. The first kappa shape index (κ1) is 7.80. The first-order valence-corrected chi connectivity index (χ1v) is 4.07. The van der Waals surface area contributed by atoms with Crippen LogP contribution in [0.2, 0.25) is 0 Å². The van der Waals surface area contributed by atoms with Crippen LogP contribution in [0.25, 0.3) is 10.8 Å². The van der Waals surface area contributed by atoms with Gasteiger partial charge in [0.25, 0.3) is 0 Å². The van der Waals surface area contributed by atoms with Crippen LogP contribution in [0.4, 0.5) is 11.4 Å². The largest absolute Gasteiger partial charge is 0.396 e. The number of rotatable bonds is 1. The summed E-state index contributed by atoms with van der Waals surface area (Å²) in [5, 5.41) is 2.17. The monoisotopic (exact) mass is 170 g/mol. The minimum atomic E-state index is 0.702. The van der Waals surface area contributed by atoms with Gasteiger partial charge in [-0.05, 0) is 18.2 Å². The number of benzene rings is 2. The van der Waals surface area contributed by atoms with Crippen molar-refractivity contribution in [2.45, 2.75) is 0 Å². The molecule has 0 amide bonds. The summed E-state index contributed by atoms with van der Waals surface area (Å²) in [5.74, 6) is 0. The number of fused-ring (bicyclic) bond motifs is 1. The van der Waals surface area contributed by atoms with Gasteiger partial charge in [-0.1, -0.05) is 30.3 Å². The SMILES string of the molecule is C=Nc1ccc2ccccc2c1N. The highest BCUT2D eigenvalue weighted by molar-refractivity contribution is 5.98. The van der Waals surface area contributed by atoms with E-state index in [4.69, 9.17) is 5.73 Å². The zero-order valence-corrected chi connectivity index (χ0v) is 7.20. The summed E-state index contributed by atoms with van der Waals surface area (Å²) in [7, 11) is 0. The van der Waals surface area contributed by atoms with Crippen molar-refractivity contribution in [1.82, 2.24) is 0 Å². The second-order valence-corrected chi connectivity index (χ2v) is 2.88. The highest BCUT2D eigenvalue weighted by Gasteiger charge is 2.00. The van der Waals surface area contributed by atoms with E-state index in [1.54, 1.807) is 0 Å². The molecular weight excluding hydrogens is 160 g/mol. The van der Waals surface area contributed by atoms with E-state index in [0.29, 0.717) is 5.69 Å². The van der Waals surface area contributed by atoms with Gasteiger partial charge in [0.2, 0.25) is 0 Å². The predicted octanol–water partition coefficient (Wildman–Crippen LogP) is 2.75. The first-order valence-electron chi connectivity index (χ1n) is 4.07. The molecule has 0 atom stereocenters. The van der Waals surface area contributed by atoms with Crippen molar-refractivity contribution >= 4 is 28.9 Å². The molecule has 0 radical (unpaired) electrons. The van der Waals surface area contributed by atoms with E-state index in [-0.39, 0.29) is 0 Å². The fourth-order valence-electron chi connectivity index (χ4n) is 1.42. The van der Waals surface area contributed by atoms with Crippen LogP contribution in [0.15, 0.2) is 41.4 Å². The van der Waals surface area contributed by atoms with Gasteiger partial charge in [-0.3, -0.25) is 4.99 Å². The Morgan fingerprint density at radius 2 is 1.85 bits per heavy atom. The van der Waals surface area contributed by atoms with Gasteiger partial charge >= 0.3 is 0 Å². The molecule has 0 aromatic heterocycles. The van der Waals surface area contributed by atoms with Crippen molar-refractivity contribution in [3.05, 3.63) is 36.4 Å². The molecule has 2 N–H and O–H groups in total. The molecule has 2 rings (SSSR count). The second kappa shape index (κ2) is 2.90. The van der Waals surface area contributed by atoms with E-state index in [0.717, 1.165) is 16.5 Å². The molecule has 2 aromatic carbocycles. The van der Waals surface area contributed by atoms with Crippen molar-refractivity contribution < 1.29 is 0 Å². The highest BCUT2D eigenvalue weighted by atomic mass is 14.7. The smallest absolute Gasteiger partial charge is 0.0858 e. The number of hydrogen-bond donors (Lipinski definition) is 1. The van der Waals surface area contributed by atoms with Crippen LogP contribution in [0.1, 0.15) is 0 Å². The summed E-state index contributed by atoms with van der Waals surface area (Å²) in [6.07, 6.45) is 0. The quantitative estimate of drug-likeness (QED) is 0.518. The van der Waals surface area contributed by atoms with Crippen LogP contribution in [0.5, 0.6) is 0 Å². The lowest BCUT2D eigenvalue weighted by Crippen LogP contribution is -1.87. The molecule has 0 aliphatic carbocycles. The van der Waals surface area contributed by atoms with E-state index in [2.05, 4.69) is 11.7 Å². The average molecular weight is 170 g/mol. The Morgan fingerprint density at radius 3 is 2.62 bits per heavy atom. The molecule has 0 saturated carbocycles. The Bertz CT molecular complexity index is 461. The molecule has 0 unspecified atom stereocenters. The van der Waals surface area contributed by atoms with Gasteiger partial charge < -0.3 is 5.73 Å². The van der Waals surface area contributed by atoms with Gasteiger partial charge in [0, 0.05) is 5.39 Å². The molecule has 0 heterocycles. The van der Waals surface area contributed by atoms with Crippen LogP contribution >= 0.6 is 0 Å². The van der Waals surface area contributed by atoms with Gasteiger partial charge in [0.15, 0.2) is 0 Å². The number of nitrogens with two attached hydrogens (primary N) is 1. The van der Waals surface area contributed by atoms with Crippen molar-refractivity contribution in [3.63, 3.8) is 0 Å². The lowest BCUT2D eigenvalue weighted by molar-refractivity contribution is 1.58. The van der Waals surface area contributed by atoms with Gasteiger partial charge in [0.05, 0.1) is 11.4 Å². The topological polar surface area (TPSA) is 38.4 Å². The van der Waals surface area contributed by atoms with Gasteiger partial charge in [-0.15, -0.1) is 0 Å². The molecule has 0 saturated heterocycles. The lowest BCUT2D eigenvalue weighted by atomic mass is 10.1. The zero-order valence-electron chi connectivity index (χ0n) is 7.20. The molecule has 0 aliphatic rings. The summed E-state index contributed by atoms with van der Waals surface area (Å²) < 4.78 is 0. The number of anilines is 1. The maximum atomic E-state index is 5.90. The second-order valence-electron chi connectivity index (χ2n) is 2.88. The van der Waals surface area contributed by atoms with E-state index < -0.39 is 0 Å². The fourth-order valence-corrected chi connectivity index (χ4v) is 1.42. The summed E-state index contributed by atoms with van der Waals surface area (Å²) in [6, 6.07) is 11.8. The molecular formula is C11H10N2. The van der Waals surface area contributed by atoms with Crippen LogP contribution < -0.4 is 5.73 Å². The Kier molecular flexibility index (Phi) is 1.74. The van der Waals surface area contributed by atoms with Crippen LogP contribution in [0, 0.1) is 0 Å². The Morgan fingerprint density at radius 1 is 1.08 bits per heavy atom. The highest BCUT2D eigenvalue weighted by Crippen LogP contribution is 2.29. The third-order valence-corrected chi connectivity index (χ3v) is 2.12. The Balaban J connectivity index is 2.86. The fraction of sp³-hybridized carbons (Fsp3) is 0. The van der Waals surface area contributed by atoms with Crippen molar-refractivity contribution in [2.24, 2.45) is 4.99 Å². The minimum absolute atomic E-state index is 0.702. The number of aliphatic imine (C=N–C) groups is 1. The Hall–Kier alpha value is -1.83. The molecule has 0 bridgehead atoms. The maximum absolute atomic E-state index is 5.90. The van der Waals surface area contributed by atoms with E-state index in [1.165, 1.54) is 0 Å². The summed E-state index contributed by atoms with van der Waals surface area (Å²) in [6.45, 7) is 3.47.